The number of alkyl halides is 1. The van der Waals surface area contributed by atoms with Crippen molar-refractivity contribution in [3.05, 3.63) is 12.7 Å². The molecule has 1 aliphatic rings. The van der Waals surface area contributed by atoms with Crippen LogP contribution in [-0.4, -0.2) is 30.8 Å². The molecule has 1 fully saturated rings. The third kappa shape index (κ3) is 2.57. The molecule has 0 aromatic carbocycles. The highest BCUT2D eigenvalue weighted by Crippen LogP contribution is 2.27. The van der Waals surface area contributed by atoms with Crippen LogP contribution in [-0.2, 0) is 9.47 Å². The van der Waals surface area contributed by atoms with Crippen LogP contribution < -0.4 is 0 Å². The van der Waals surface area contributed by atoms with Gasteiger partial charge < -0.3 is 9.47 Å². The van der Waals surface area contributed by atoms with Crippen molar-refractivity contribution in [2.75, 3.05) is 25.2 Å². The summed E-state index contributed by atoms with van der Waals surface area (Å²) in [6, 6.07) is 0. The summed E-state index contributed by atoms with van der Waals surface area (Å²) in [5.41, 5.74) is -0.0665. The van der Waals surface area contributed by atoms with E-state index in [1.165, 1.54) is 0 Å². The molecule has 1 atom stereocenters. The van der Waals surface area contributed by atoms with Crippen molar-refractivity contribution in [1.82, 2.24) is 0 Å². The van der Waals surface area contributed by atoms with E-state index in [2.05, 4.69) is 22.5 Å². The number of halogens is 1. The van der Waals surface area contributed by atoms with E-state index >= 15 is 0 Å². The first-order valence-corrected chi connectivity index (χ1v) is 5.34. The van der Waals surface area contributed by atoms with Crippen LogP contribution in [0.15, 0.2) is 12.7 Å². The molecule has 1 aliphatic heterocycles. The summed E-state index contributed by atoms with van der Waals surface area (Å²) in [6.45, 7) is 5.74. The molecule has 2 nitrogen and oxygen atoms in total. The monoisotopic (exact) mass is 234 g/mol. The van der Waals surface area contributed by atoms with E-state index < -0.39 is 0 Å². The van der Waals surface area contributed by atoms with Gasteiger partial charge in [0.2, 0.25) is 0 Å². The van der Waals surface area contributed by atoms with E-state index in [4.69, 9.17) is 9.47 Å². The van der Waals surface area contributed by atoms with Crippen molar-refractivity contribution in [3.63, 3.8) is 0 Å². The van der Waals surface area contributed by atoms with E-state index in [-0.39, 0.29) is 5.60 Å². The van der Waals surface area contributed by atoms with E-state index in [1.54, 1.807) is 6.08 Å². The Morgan fingerprint density at radius 3 is 3.00 bits per heavy atom. The zero-order chi connectivity index (χ0) is 8.86. The molecule has 0 spiro atoms. The van der Waals surface area contributed by atoms with Crippen LogP contribution in [0.4, 0.5) is 0 Å². The van der Waals surface area contributed by atoms with Gasteiger partial charge in [-0.15, -0.1) is 6.58 Å². The quantitative estimate of drug-likeness (QED) is 0.413. The van der Waals surface area contributed by atoms with E-state index in [9.17, 15) is 0 Å². The zero-order valence-corrected chi connectivity index (χ0v) is 8.81. The van der Waals surface area contributed by atoms with Crippen LogP contribution in [0.5, 0.6) is 0 Å². The summed E-state index contributed by atoms with van der Waals surface area (Å²) in [5, 5.41) is 0.858. The first-order chi connectivity index (χ1) is 5.83. The Morgan fingerprint density at radius 2 is 2.50 bits per heavy atom. The van der Waals surface area contributed by atoms with Crippen molar-refractivity contribution in [3.8, 4) is 0 Å². The van der Waals surface area contributed by atoms with Crippen molar-refractivity contribution in [2.24, 2.45) is 0 Å². The Bertz CT molecular complexity index is 141. The number of rotatable bonds is 5. The van der Waals surface area contributed by atoms with Crippen LogP contribution in [0.2, 0.25) is 0 Å². The van der Waals surface area contributed by atoms with Gasteiger partial charge >= 0.3 is 0 Å². The van der Waals surface area contributed by atoms with Gasteiger partial charge in [-0.3, -0.25) is 0 Å². The molecule has 0 aromatic heterocycles. The van der Waals surface area contributed by atoms with Crippen molar-refractivity contribution in [2.45, 2.75) is 18.4 Å². The maximum Gasteiger partial charge on any atom is 0.101 e. The van der Waals surface area contributed by atoms with Gasteiger partial charge in [-0.2, -0.15) is 0 Å². The molecule has 1 unspecified atom stereocenters. The minimum atomic E-state index is -0.0665. The molecule has 0 amide bonds. The molecule has 1 heterocycles. The maximum absolute atomic E-state index is 5.63. The third-order valence-electron chi connectivity index (χ3n) is 2.03. The standard InChI is InChI=1S/C9H15BrO2/c1-2-5-11-8-9(7-10)4-3-6-12-9/h2H,1,3-8H2. The van der Waals surface area contributed by atoms with Crippen LogP contribution in [0.3, 0.4) is 0 Å². The first kappa shape index (κ1) is 10.2. The van der Waals surface area contributed by atoms with Gasteiger partial charge in [0.25, 0.3) is 0 Å². The molecule has 3 heteroatoms. The third-order valence-corrected chi connectivity index (χ3v) is 3.05. The Balaban J connectivity index is 2.28. The van der Waals surface area contributed by atoms with Crippen molar-refractivity contribution in [1.29, 1.82) is 0 Å². The molecule has 0 aliphatic carbocycles. The molecule has 12 heavy (non-hydrogen) atoms. The summed E-state index contributed by atoms with van der Waals surface area (Å²) in [6.07, 6.45) is 4.00. The predicted molar refractivity (Wildman–Crippen MR) is 52.7 cm³/mol. The second kappa shape index (κ2) is 5.00. The SMILES string of the molecule is C=CCOCC1(CBr)CCCO1. The largest absolute Gasteiger partial charge is 0.374 e. The second-order valence-electron chi connectivity index (χ2n) is 3.07. The summed E-state index contributed by atoms with van der Waals surface area (Å²) < 4.78 is 11.0. The molecule has 0 N–H and O–H groups in total. The highest BCUT2D eigenvalue weighted by Gasteiger charge is 2.34. The molecule has 1 saturated heterocycles. The van der Waals surface area contributed by atoms with Crippen molar-refractivity contribution >= 4 is 15.9 Å². The highest BCUT2D eigenvalue weighted by atomic mass is 79.9. The lowest BCUT2D eigenvalue weighted by molar-refractivity contribution is -0.0410. The Hall–Kier alpha value is 0.140. The lowest BCUT2D eigenvalue weighted by Gasteiger charge is -2.25. The first-order valence-electron chi connectivity index (χ1n) is 4.21. The Morgan fingerprint density at radius 1 is 1.67 bits per heavy atom. The average Bonchev–Trinajstić information content (AvgIpc) is 2.55. The number of hydrogen-bond acceptors (Lipinski definition) is 2. The minimum Gasteiger partial charge on any atom is -0.374 e. The molecular formula is C9H15BrO2. The lowest BCUT2D eigenvalue weighted by Crippen LogP contribution is -2.35. The van der Waals surface area contributed by atoms with Gasteiger partial charge in [-0.05, 0) is 12.8 Å². The van der Waals surface area contributed by atoms with Gasteiger partial charge in [-0.1, -0.05) is 22.0 Å². The van der Waals surface area contributed by atoms with Gasteiger partial charge in [0.15, 0.2) is 0 Å². The molecule has 0 saturated carbocycles. The van der Waals surface area contributed by atoms with Crippen LogP contribution >= 0.6 is 15.9 Å². The molecule has 70 valence electrons. The zero-order valence-electron chi connectivity index (χ0n) is 7.22. The fourth-order valence-electron chi connectivity index (χ4n) is 1.34. The minimum absolute atomic E-state index is 0.0665. The van der Waals surface area contributed by atoms with E-state index in [1.807, 2.05) is 0 Å². The predicted octanol–water partition coefficient (Wildman–Crippen LogP) is 2.13. The fourth-order valence-corrected chi connectivity index (χ4v) is 1.95. The van der Waals surface area contributed by atoms with E-state index in [0.29, 0.717) is 13.2 Å². The van der Waals surface area contributed by atoms with Gasteiger partial charge in [0, 0.05) is 11.9 Å². The Labute approximate surface area is 82.1 Å². The lowest BCUT2D eigenvalue weighted by atomic mass is 10.0. The summed E-state index contributed by atoms with van der Waals surface area (Å²) in [7, 11) is 0. The smallest absolute Gasteiger partial charge is 0.101 e. The Kier molecular flexibility index (Phi) is 4.26. The molecule has 1 rings (SSSR count). The van der Waals surface area contributed by atoms with Gasteiger partial charge in [-0.25, -0.2) is 0 Å². The summed E-state index contributed by atoms with van der Waals surface area (Å²) >= 11 is 3.45. The summed E-state index contributed by atoms with van der Waals surface area (Å²) in [5.74, 6) is 0. The topological polar surface area (TPSA) is 18.5 Å². The summed E-state index contributed by atoms with van der Waals surface area (Å²) in [4.78, 5) is 0. The average molecular weight is 235 g/mol. The van der Waals surface area contributed by atoms with Crippen LogP contribution in [0.1, 0.15) is 12.8 Å². The fraction of sp³-hybridized carbons (Fsp3) is 0.778. The van der Waals surface area contributed by atoms with Gasteiger partial charge in [0.1, 0.15) is 5.60 Å². The van der Waals surface area contributed by atoms with Crippen molar-refractivity contribution < 1.29 is 9.47 Å². The number of ether oxygens (including phenoxy) is 2. The highest BCUT2D eigenvalue weighted by molar-refractivity contribution is 9.09. The normalized spacial score (nSPS) is 29.1. The molecule has 0 radical (unpaired) electrons. The van der Waals surface area contributed by atoms with Crippen LogP contribution in [0.25, 0.3) is 0 Å². The maximum atomic E-state index is 5.63. The molecule has 0 bridgehead atoms. The second-order valence-corrected chi connectivity index (χ2v) is 3.63. The van der Waals surface area contributed by atoms with Crippen LogP contribution in [0, 0.1) is 0 Å². The molecular weight excluding hydrogens is 220 g/mol. The molecule has 0 aromatic rings. The van der Waals surface area contributed by atoms with Gasteiger partial charge in [0.05, 0.1) is 13.2 Å². The van der Waals surface area contributed by atoms with E-state index in [0.717, 1.165) is 24.8 Å². The number of hydrogen-bond donors (Lipinski definition) is 0.